The molecule has 0 aromatic carbocycles. The van der Waals surface area contributed by atoms with Crippen molar-refractivity contribution in [1.82, 2.24) is 0 Å². The van der Waals surface area contributed by atoms with Crippen LogP contribution >= 0.6 is 0 Å². The molecule has 0 bridgehead atoms. The molecule has 0 rings (SSSR count). The highest BCUT2D eigenvalue weighted by atomic mass is 14.7. The third-order valence-electron chi connectivity index (χ3n) is 8.43. The van der Waals surface area contributed by atoms with Gasteiger partial charge in [-0.05, 0) is 123 Å². The van der Waals surface area contributed by atoms with E-state index in [0.29, 0.717) is 17.3 Å². The first kappa shape index (κ1) is 36.1. The van der Waals surface area contributed by atoms with Crippen LogP contribution in [0.25, 0.3) is 0 Å². The number of nitrogens with two attached hydrogens (primary N) is 2. The van der Waals surface area contributed by atoms with E-state index in [1.807, 2.05) is 6.92 Å². The van der Waals surface area contributed by atoms with Crippen molar-refractivity contribution in [2.75, 3.05) is 0 Å². The van der Waals surface area contributed by atoms with Gasteiger partial charge in [-0.25, -0.2) is 0 Å². The summed E-state index contributed by atoms with van der Waals surface area (Å²) in [6, 6.07) is 0. The number of hydrogen-bond acceptors (Lipinski definition) is 2. The summed E-state index contributed by atoms with van der Waals surface area (Å²) in [5, 5.41) is 0. The van der Waals surface area contributed by atoms with Gasteiger partial charge in [-0.1, -0.05) is 80.4 Å². The second-order valence-electron chi connectivity index (χ2n) is 12.9. The summed E-state index contributed by atoms with van der Waals surface area (Å²) < 4.78 is 0. The fourth-order valence-corrected chi connectivity index (χ4v) is 5.40. The van der Waals surface area contributed by atoms with E-state index >= 15 is 0 Å². The fraction of sp³-hybridized carbons (Fsp3) is 0.657. The van der Waals surface area contributed by atoms with Crippen molar-refractivity contribution in [3.63, 3.8) is 0 Å². The van der Waals surface area contributed by atoms with Gasteiger partial charge in [0.15, 0.2) is 0 Å². The van der Waals surface area contributed by atoms with E-state index in [1.54, 1.807) is 0 Å². The maximum Gasteiger partial charge on any atom is 0.137 e. The molecule has 38 heavy (non-hydrogen) atoms. The van der Waals surface area contributed by atoms with Crippen LogP contribution in [0.1, 0.15) is 128 Å². The van der Waals surface area contributed by atoms with Crippen LogP contribution in [0.15, 0.2) is 69.0 Å². The quantitative estimate of drug-likeness (QED) is 0.121. The molecule has 215 valence electrons. The zero-order valence-electron chi connectivity index (χ0n) is 27.6. The highest BCUT2D eigenvalue weighted by Gasteiger charge is 2.33. The van der Waals surface area contributed by atoms with Crippen molar-refractivity contribution in [3.8, 4) is 0 Å². The summed E-state index contributed by atoms with van der Waals surface area (Å²) in [5.41, 5.74) is 23.7. The maximum absolute atomic E-state index is 6.74. The molecule has 3 heteroatoms. The zero-order valence-corrected chi connectivity index (χ0v) is 27.6. The summed E-state index contributed by atoms with van der Waals surface area (Å²) in [4.78, 5) is 0. The van der Waals surface area contributed by atoms with Gasteiger partial charge in [-0.2, -0.15) is 0 Å². The van der Waals surface area contributed by atoms with E-state index in [1.165, 1.54) is 34.3 Å². The van der Waals surface area contributed by atoms with Gasteiger partial charge in [0.2, 0.25) is 0 Å². The third-order valence-corrected chi connectivity index (χ3v) is 8.43. The Kier molecular flexibility index (Phi) is 15.5. The van der Waals surface area contributed by atoms with Gasteiger partial charge in [-0.15, -0.1) is 5.98 Å². The van der Waals surface area contributed by atoms with Crippen LogP contribution in [-0.4, -0.2) is 7.28 Å². The molecule has 0 saturated carbocycles. The molecule has 1 radical (unpaired) electrons. The lowest BCUT2D eigenvalue weighted by Gasteiger charge is -2.38. The normalized spacial score (nSPS) is 15.7. The average Bonchev–Trinajstić information content (AvgIpc) is 2.84. The molecular formula is C35H62BN2. The van der Waals surface area contributed by atoms with E-state index in [4.69, 9.17) is 11.5 Å². The Morgan fingerprint density at radius 2 is 1.37 bits per heavy atom. The molecule has 2 nitrogen and oxygen atoms in total. The minimum atomic E-state index is -0.00896. The van der Waals surface area contributed by atoms with Gasteiger partial charge in [0.05, 0.1) is 11.4 Å². The molecule has 0 aromatic heterocycles. The van der Waals surface area contributed by atoms with Gasteiger partial charge in [0.1, 0.15) is 7.28 Å². The molecule has 0 heterocycles. The van der Waals surface area contributed by atoms with Crippen LogP contribution in [-0.2, 0) is 0 Å². The zero-order chi connectivity index (χ0) is 29.8. The Balaban J connectivity index is 7.63. The Bertz CT molecular complexity index is 948. The van der Waals surface area contributed by atoms with Crippen LogP contribution in [0, 0.1) is 16.7 Å². The van der Waals surface area contributed by atoms with Gasteiger partial charge >= 0.3 is 0 Å². The first-order chi connectivity index (χ1) is 17.5. The highest BCUT2D eigenvalue weighted by Crippen LogP contribution is 2.47. The monoisotopic (exact) mass is 522 g/mol. The Morgan fingerprint density at radius 3 is 1.82 bits per heavy atom. The van der Waals surface area contributed by atoms with Crippen molar-refractivity contribution in [3.05, 3.63) is 69.0 Å². The second kappa shape index (κ2) is 16.3. The summed E-state index contributed by atoms with van der Waals surface area (Å²) >= 11 is 0. The number of hydrogen-bond donors (Lipinski definition) is 2. The largest absolute Gasteiger partial charge is 0.397 e. The summed E-state index contributed by atoms with van der Waals surface area (Å²) in [6.45, 7) is 33.8. The van der Waals surface area contributed by atoms with Crippen molar-refractivity contribution in [2.24, 2.45) is 28.2 Å². The average molecular weight is 522 g/mol. The minimum Gasteiger partial charge on any atom is -0.397 e. The summed E-state index contributed by atoms with van der Waals surface area (Å²) in [5.74, 6) is 2.76. The van der Waals surface area contributed by atoms with E-state index in [9.17, 15) is 0 Å². The molecule has 0 unspecified atom stereocenters. The first-order valence-electron chi connectivity index (χ1n) is 15.0. The Hall–Kier alpha value is -1.90. The smallest absolute Gasteiger partial charge is 0.137 e. The van der Waals surface area contributed by atoms with Crippen LogP contribution in [0.2, 0.25) is 6.82 Å². The van der Waals surface area contributed by atoms with Crippen LogP contribution in [0.5, 0.6) is 0 Å². The molecular weight excluding hydrogens is 459 g/mol. The molecule has 4 N–H and O–H groups in total. The van der Waals surface area contributed by atoms with Crippen molar-refractivity contribution >= 4 is 7.28 Å². The molecule has 0 aliphatic carbocycles. The first-order valence-corrected chi connectivity index (χ1v) is 15.0. The lowest BCUT2D eigenvalue weighted by atomic mass is 9.67. The van der Waals surface area contributed by atoms with Gasteiger partial charge < -0.3 is 11.5 Å². The summed E-state index contributed by atoms with van der Waals surface area (Å²) in [7, 11) is 2.11. The minimum absolute atomic E-state index is 0.00896. The SMILES string of the molecule is C=C(C)\C(N)=C(N)/C(C)=C(CCC(C)C)/C(=C(C)/C(=C(\C)CCC/C=C\[B]C)C(C)(C)CC)C(C)(C)CC. The van der Waals surface area contributed by atoms with Crippen LogP contribution in [0.4, 0.5) is 0 Å². The van der Waals surface area contributed by atoms with Crippen LogP contribution in [0.3, 0.4) is 0 Å². The molecule has 0 fully saturated rings. The van der Waals surface area contributed by atoms with Crippen molar-refractivity contribution < 1.29 is 0 Å². The lowest BCUT2D eigenvalue weighted by Crippen LogP contribution is -2.24. The van der Waals surface area contributed by atoms with Gasteiger partial charge in [0, 0.05) is 0 Å². The van der Waals surface area contributed by atoms with Gasteiger partial charge in [0.25, 0.3) is 0 Å². The maximum atomic E-state index is 6.74. The molecule has 0 atom stereocenters. The predicted molar refractivity (Wildman–Crippen MR) is 175 cm³/mol. The van der Waals surface area contributed by atoms with Crippen molar-refractivity contribution in [2.45, 2.75) is 135 Å². The number of unbranched alkanes of at least 4 members (excludes halogenated alkanes) is 1. The summed E-state index contributed by atoms with van der Waals surface area (Å²) in [6.07, 6.45) is 9.91. The van der Waals surface area contributed by atoms with E-state index in [-0.39, 0.29) is 10.8 Å². The predicted octanol–water partition coefficient (Wildman–Crippen LogP) is 10.4. The number of rotatable bonds is 16. The Labute approximate surface area is 239 Å². The van der Waals surface area contributed by atoms with Gasteiger partial charge in [-0.3, -0.25) is 0 Å². The number of allylic oxidation sites excluding steroid dienone is 8. The fourth-order valence-electron chi connectivity index (χ4n) is 5.40. The molecule has 0 aliphatic rings. The topological polar surface area (TPSA) is 52.0 Å². The standard InChI is InChI=1S/C35H62BN2/c1-15-34(10,11)30(26(7)20-18-17-19-23-36-14)28(9)31(35(12,13)16-2)29(22-21-24(3)4)27(8)33(38)32(37)25(5)6/h19,23-24H,5,15-18,20-22,37-38H2,1-4,6-14H3/b23-19-,29-27+,30-26-,31-28-,33-32-. The Morgan fingerprint density at radius 1 is 0.842 bits per heavy atom. The van der Waals surface area contributed by atoms with Crippen molar-refractivity contribution in [1.29, 1.82) is 0 Å². The third kappa shape index (κ3) is 10.3. The molecule has 0 spiro atoms. The molecule has 0 saturated heterocycles. The molecule has 0 aliphatic heterocycles. The second-order valence-corrected chi connectivity index (χ2v) is 12.9. The van der Waals surface area contributed by atoms with E-state index in [2.05, 4.69) is 109 Å². The molecule has 0 amide bonds. The van der Waals surface area contributed by atoms with E-state index < -0.39 is 0 Å². The van der Waals surface area contributed by atoms with E-state index in [0.717, 1.165) is 49.7 Å². The lowest BCUT2D eigenvalue weighted by molar-refractivity contribution is 0.407. The van der Waals surface area contributed by atoms with Crippen LogP contribution < -0.4 is 11.5 Å². The highest BCUT2D eigenvalue weighted by molar-refractivity contribution is 6.40. The molecule has 0 aromatic rings.